The second kappa shape index (κ2) is 8.36. The number of carbonyl (C=O) groups is 3. The third kappa shape index (κ3) is 3.49. The molecule has 0 amide bonds. The lowest BCUT2D eigenvalue weighted by Gasteiger charge is -2.60. The van der Waals surface area contributed by atoms with Gasteiger partial charge in [0, 0.05) is 16.7 Å². The van der Waals surface area contributed by atoms with Crippen molar-refractivity contribution in [3.63, 3.8) is 0 Å². The molecule has 0 bridgehead atoms. The lowest BCUT2D eigenvalue weighted by atomic mass is 9.46. The summed E-state index contributed by atoms with van der Waals surface area (Å²) in [6.45, 7) is 5.55. The maximum absolute atomic E-state index is 13.3. The summed E-state index contributed by atoms with van der Waals surface area (Å²) in [5, 5.41) is 22.5. The van der Waals surface area contributed by atoms with Gasteiger partial charge in [0.1, 0.15) is 0 Å². The molecule has 0 aromatic carbocycles. The number of allylic oxidation sites excluding steroid dienone is 3. The number of esters is 2. The number of hydrogen-bond acceptors (Lipinski definition) is 7. The van der Waals surface area contributed by atoms with Gasteiger partial charge in [-0.2, -0.15) is 0 Å². The maximum atomic E-state index is 13.3. The van der Waals surface area contributed by atoms with E-state index in [1.54, 1.807) is 13.0 Å². The normalized spacial score (nSPS) is 43.9. The zero-order valence-corrected chi connectivity index (χ0v) is 20.4. The molecule has 0 spiro atoms. The van der Waals surface area contributed by atoms with Crippen molar-refractivity contribution in [3.05, 3.63) is 23.8 Å². The Hall–Kier alpha value is -1.41. The van der Waals surface area contributed by atoms with Crippen molar-refractivity contribution in [2.24, 2.45) is 28.6 Å². The zero-order chi connectivity index (χ0) is 24.3. The summed E-state index contributed by atoms with van der Waals surface area (Å²) in [5.74, 6) is -2.37. The van der Waals surface area contributed by atoms with Crippen LogP contribution in [0.4, 0.5) is 0 Å². The Labute approximate surface area is 203 Å². The van der Waals surface area contributed by atoms with Crippen molar-refractivity contribution in [3.8, 4) is 0 Å². The average molecular weight is 501 g/mol. The van der Waals surface area contributed by atoms with Crippen molar-refractivity contribution in [2.45, 2.75) is 69.1 Å². The number of rotatable bonds is 4. The highest BCUT2D eigenvalue weighted by Gasteiger charge is 2.72. The summed E-state index contributed by atoms with van der Waals surface area (Å²) >= 11 is 11.5. The van der Waals surface area contributed by atoms with Crippen LogP contribution in [-0.4, -0.2) is 57.2 Å². The van der Waals surface area contributed by atoms with E-state index < -0.39 is 45.4 Å². The highest BCUT2D eigenvalue weighted by Crippen LogP contribution is 2.68. The minimum atomic E-state index is -1.64. The molecule has 7 nitrogen and oxygen atoms in total. The zero-order valence-electron chi connectivity index (χ0n) is 18.9. The number of aliphatic hydroxyl groups is 2. The van der Waals surface area contributed by atoms with Gasteiger partial charge in [-0.15, -0.1) is 0 Å². The molecular formula is C24H30Cl2O7. The molecular weight excluding hydrogens is 471 g/mol. The van der Waals surface area contributed by atoms with Crippen LogP contribution in [0.15, 0.2) is 23.8 Å². The number of hydrogen-bond donors (Lipinski definition) is 2. The van der Waals surface area contributed by atoms with E-state index >= 15 is 0 Å². The first-order valence-electron chi connectivity index (χ1n) is 11.4. The van der Waals surface area contributed by atoms with Crippen molar-refractivity contribution in [1.82, 2.24) is 0 Å². The predicted molar refractivity (Wildman–Crippen MR) is 120 cm³/mol. The van der Waals surface area contributed by atoms with Gasteiger partial charge >= 0.3 is 11.9 Å². The fraction of sp³-hybridized carbons (Fsp3) is 0.708. The number of fused-ring (bicyclic) bond motifs is 5. The van der Waals surface area contributed by atoms with Crippen LogP contribution in [0, 0.1) is 28.6 Å². The molecule has 2 N–H and O–H groups in total. The number of aliphatic hydroxyl groups excluding tert-OH is 2. The SMILES string of the molecule is CCOC(=O)[C@@]1(OC(=O)C(Cl)Cl)CC[C@H]2[C@@H]3C[C@@H](O)C4=CC(=O)C=C[C@]4(C)[C@H]3[C@@H](O)C[C@@]21C. The Morgan fingerprint density at radius 3 is 2.61 bits per heavy atom. The van der Waals surface area contributed by atoms with Crippen LogP contribution in [0.2, 0.25) is 0 Å². The molecule has 9 heteroatoms. The van der Waals surface area contributed by atoms with E-state index in [1.165, 1.54) is 12.2 Å². The summed E-state index contributed by atoms with van der Waals surface area (Å²) in [7, 11) is 0. The first-order chi connectivity index (χ1) is 15.4. The Kier molecular flexibility index (Phi) is 6.26. The highest BCUT2D eigenvalue weighted by molar-refractivity contribution is 6.53. The Bertz CT molecular complexity index is 930. The number of alkyl halides is 2. The Morgan fingerprint density at radius 1 is 1.27 bits per heavy atom. The van der Waals surface area contributed by atoms with E-state index in [0.29, 0.717) is 18.4 Å². The maximum Gasteiger partial charge on any atom is 0.351 e. The van der Waals surface area contributed by atoms with Crippen LogP contribution >= 0.6 is 23.2 Å². The van der Waals surface area contributed by atoms with Gasteiger partial charge < -0.3 is 19.7 Å². The largest absolute Gasteiger partial charge is 0.463 e. The molecule has 33 heavy (non-hydrogen) atoms. The van der Waals surface area contributed by atoms with Gasteiger partial charge in [0.25, 0.3) is 0 Å². The van der Waals surface area contributed by atoms with Crippen LogP contribution in [0.1, 0.15) is 46.5 Å². The van der Waals surface area contributed by atoms with E-state index in [-0.39, 0.29) is 43.0 Å². The molecule has 4 aliphatic rings. The molecule has 0 saturated heterocycles. The molecule has 4 aliphatic carbocycles. The summed E-state index contributed by atoms with van der Waals surface area (Å²) in [6.07, 6.45) is 4.29. The quantitative estimate of drug-likeness (QED) is 0.450. The molecule has 182 valence electrons. The van der Waals surface area contributed by atoms with Crippen LogP contribution in [0.25, 0.3) is 0 Å². The monoisotopic (exact) mass is 500 g/mol. The summed E-state index contributed by atoms with van der Waals surface area (Å²) in [6, 6.07) is 0. The van der Waals surface area contributed by atoms with E-state index in [2.05, 4.69) is 0 Å². The van der Waals surface area contributed by atoms with Crippen molar-refractivity contribution in [2.75, 3.05) is 6.61 Å². The number of ketones is 1. The van der Waals surface area contributed by atoms with E-state index in [0.717, 1.165) is 0 Å². The average Bonchev–Trinajstić information content (AvgIpc) is 3.02. The number of carbonyl (C=O) groups excluding carboxylic acids is 3. The van der Waals surface area contributed by atoms with Crippen LogP contribution in [0.5, 0.6) is 0 Å². The molecule has 0 aromatic rings. The second-order valence-corrected chi connectivity index (χ2v) is 11.3. The lowest BCUT2D eigenvalue weighted by Crippen LogP contribution is -2.64. The third-order valence-electron chi connectivity index (χ3n) is 8.69. The molecule has 0 unspecified atom stereocenters. The molecule has 0 heterocycles. The highest BCUT2D eigenvalue weighted by atomic mass is 35.5. The summed E-state index contributed by atoms with van der Waals surface area (Å²) < 4.78 is 11.1. The summed E-state index contributed by atoms with van der Waals surface area (Å²) in [5.41, 5.74) is -2.67. The molecule has 3 saturated carbocycles. The van der Waals surface area contributed by atoms with Crippen molar-refractivity contribution < 1.29 is 34.1 Å². The first kappa shape index (κ1) is 24.7. The predicted octanol–water partition coefficient (Wildman–Crippen LogP) is 2.88. The Balaban J connectivity index is 1.78. The van der Waals surface area contributed by atoms with E-state index in [4.69, 9.17) is 32.7 Å². The molecule has 0 aliphatic heterocycles. The molecule has 3 fully saturated rings. The smallest absolute Gasteiger partial charge is 0.351 e. The van der Waals surface area contributed by atoms with Gasteiger partial charge in [-0.05, 0) is 62.2 Å². The molecule has 0 aromatic heterocycles. The van der Waals surface area contributed by atoms with Crippen LogP contribution in [0.3, 0.4) is 0 Å². The van der Waals surface area contributed by atoms with Gasteiger partial charge in [0.05, 0.1) is 18.8 Å². The van der Waals surface area contributed by atoms with Crippen LogP contribution < -0.4 is 0 Å². The molecule has 4 rings (SSSR count). The number of halogens is 2. The van der Waals surface area contributed by atoms with E-state index in [1.807, 2.05) is 13.8 Å². The number of ether oxygens (including phenoxy) is 2. The summed E-state index contributed by atoms with van der Waals surface area (Å²) in [4.78, 5) is 36.3. The van der Waals surface area contributed by atoms with Gasteiger partial charge in [-0.1, -0.05) is 43.1 Å². The second-order valence-electron chi connectivity index (χ2n) is 10.2. The van der Waals surface area contributed by atoms with Crippen molar-refractivity contribution in [1.29, 1.82) is 0 Å². The van der Waals surface area contributed by atoms with E-state index in [9.17, 15) is 24.6 Å². The van der Waals surface area contributed by atoms with Gasteiger partial charge in [0.15, 0.2) is 5.78 Å². The van der Waals surface area contributed by atoms with Crippen molar-refractivity contribution >= 4 is 40.9 Å². The lowest BCUT2D eigenvalue weighted by molar-refractivity contribution is -0.213. The molecule has 8 atom stereocenters. The standard InChI is InChI=1S/C24H30Cl2O7/c1-4-32-21(31)24(33-20(30)19(25)26)8-6-14-13-10-16(28)15-9-12(27)5-7-22(15,2)18(13)17(29)11-23(14,24)3/h5,7,9,13-14,16-19,28-29H,4,6,8,10-11H2,1-3H3/t13-,14-,16+,17-,18+,22-,23-,24-/m0/s1. The minimum absolute atomic E-state index is 0.0996. The first-order valence-corrected chi connectivity index (χ1v) is 12.3. The van der Waals surface area contributed by atoms with Gasteiger partial charge in [-0.25, -0.2) is 9.59 Å². The minimum Gasteiger partial charge on any atom is -0.463 e. The third-order valence-corrected chi connectivity index (χ3v) is 9.05. The van der Waals surface area contributed by atoms with Gasteiger partial charge in [-0.3, -0.25) is 4.79 Å². The fourth-order valence-corrected chi connectivity index (χ4v) is 7.47. The van der Waals surface area contributed by atoms with Gasteiger partial charge in [0.2, 0.25) is 10.4 Å². The Morgan fingerprint density at radius 2 is 1.97 bits per heavy atom. The molecule has 0 radical (unpaired) electrons. The fourth-order valence-electron chi connectivity index (χ4n) is 7.38. The van der Waals surface area contributed by atoms with Crippen LogP contribution in [-0.2, 0) is 23.9 Å². The topological polar surface area (TPSA) is 110 Å².